The molecule has 0 saturated carbocycles. The zero-order chi connectivity index (χ0) is 20.6. The SMILES string of the molecule is CCOc1cc(C(=O)NCc2cc(F)ccc2Br)ccc1OCc1cccnc1. The van der Waals surface area contributed by atoms with Crippen molar-refractivity contribution >= 4 is 21.8 Å². The number of pyridine rings is 1. The molecule has 0 aliphatic carbocycles. The zero-order valence-electron chi connectivity index (χ0n) is 15.8. The molecule has 1 heterocycles. The molecule has 3 aromatic rings. The summed E-state index contributed by atoms with van der Waals surface area (Å²) in [6.45, 7) is 2.83. The Morgan fingerprint density at radius 3 is 2.76 bits per heavy atom. The third-order valence-electron chi connectivity index (χ3n) is 4.07. The molecule has 3 rings (SSSR count). The van der Waals surface area contributed by atoms with Gasteiger partial charge in [-0.2, -0.15) is 0 Å². The fourth-order valence-electron chi connectivity index (χ4n) is 2.64. The van der Waals surface area contributed by atoms with Crippen LogP contribution in [-0.4, -0.2) is 17.5 Å². The third-order valence-corrected chi connectivity index (χ3v) is 4.84. The Kier molecular flexibility index (Phi) is 7.19. The number of hydrogen-bond acceptors (Lipinski definition) is 4. The summed E-state index contributed by atoms with van der Waals surface area (Å²) in [6.07, 6.45) is 3.43. The van der Waals surface area contributed by atoms with E-state index in [1.54, 1.807) is 36.7 Å². The Morgan fingerprint density at radius 1 is 1.14 bits per heavy atom. The lowest BCUT2D eigenvalue weighted by Crippen LogP contribution is -2.23. The van der Waals surface area contributed by atoms with Crippen molar-refractivity contribution < 1.29 is 18.7 Å². The lowest BCUT2D eigenvalue weighted by molar-refractivity contribution is 0.0950. The van der Waals surface area contributed by atoms with Gasteiger partial charge in [0.25, 0.3) is 5.91 Å². The summed E-state index contributed by atoms with van der Waals surface area (Å²) in [7, 11) is 0. The second-order valence-electron chi connectivity index (χ2n) is 6.16. The molecule has 0 fully saturated rings. The van der Waals surface area contributed by atoms with E-state index in [9.17, 15) is 9.18 Å². The quantitative estimate of drug-likeness (QED) is 0.521. The predicted octanol–water partition coefficient (Wildman–Crippen LogP) is 4.89. The number of amides is 1. The molecule has 0 unspecified atom stereocenters. The highest BCUT2D eigenvalue weighted by Gasteiger charge is 2.13. The second-order valence-corrected chi connectivity index (χ2v) is 7.02. The molecule has 150 valence electrons. The van der Waals surface area contributed by atoms with E-state index >= 15 is 0 Å². The number of aromatic nitrogens is 1. The van der Waals surface area contributed by atoms with Gasteiger partial charge in [0, 0.05) is 34.5 Å². The van der Waals surface area contributed by atoms with E-state index in [1.807, 2.05) is 19.1 Å². The smallest absolute Gasteiger partial charge is 0.251 e. The zero-order valence-corrected chi connectivity index (χ0v) is 17.4. The monoisotopic (exact) mass is 458 g/mol. The van der Waals surface area contributed by atoms with Crippen molar-refractivity contribution in [1.29, 1.82) is 0 Å². The highest BCUT2D eigenvalue weighted by Crippen LogP contribution is 2.29. The summed E-state index contributed by atoms with van der Waals surface area (Å²) in [5.74, 6) is 0.378. The minimum atomic E-state index is -0.355. The fourth-order valence-corrected chi connectivity index (χ4v) is 3.02. The van der Waals surface area contributed by atoms with Gasteiger partial charge in [0.15, 0.2) is 11.5 Å². The number of nitrogens with one attached hydrogen (secondary N) is 1. The normalized spacial score (nSPS) is 10.4. The van der Waals surface area contributed by atoms with Crippen LogP contribution >= 0.6 is 15.9 Å². The Labute approximate surface area is 177 Å². The first-order valence-electron chi connectivity index (χ1n) is 9.07. The summed E-state index contributed by atoms with van der Waals surface area (Å²) >= 11 is 3.36. The van der Waals surface area contributed by atoms with Crippen LogP contribution in [0.1, 0.15) is 28.4 Å². The van der Waals surface area contributed by atoms with Gasteiger partial charge in [0.1, 0.15) is 12.4 Å². The molecule has 1 amide bonds. The van der Waals surface area contributed by atoms with Gasteiger partial charge in [-0.3, -0.25) is 9.78 Å². The second kappa shape index (κ2) is 10.0. The van der Waals surface area contributed by atoms with Crippen molar-refractivity contribution in [1.82, 2.24) is 10.3 Å². The molecule has 0 spiro atoms. The van der Waals surface area contributed by atoms with E-state index in [0.717, 1.165) is 10.0 Å². The summed E-state index contributed by atoms with van der Waals surface area (Å²) < 4.78 is 25.6. The van der Waals surface area contributed by atoms with Gasteiger partial charge < -0.3 is 14.8 Å². The first kappa shape index (κ1) is 20.8. The Bertz CT molecular complexity index is 983. The van der Waals surface area contributed by atoms with Gasteiger partial charge in [-0.25, -0.2) is 4.39 Å². The minimum Gasteiger partial charge on any atom is -0.490 e. The van der Waals surface area contributed by atoms with Gasteiger partial charge in [-0.05, 0) is 55.0 Å². The fraction of sp³-hybridized carbons (Fsp3) is 0.182. The molecule has 5 nitrogen and oxygen atoms in total. The van der Waals surface area contributed by atoms with Gasteiger partial charge in [0.05, 0.1) is 6.61 Å². The van der Waals surface area contributed by atoms with E-state index in [2.05, 4.69) is 26.2 Å². The number of rotatable bonds is 8. The highest BCUT2D eigenvalue weighted by atomic mass is 79.9. The van der Waals surface area contributed by atoms with Crippen LogP contribution in [0.15, 0.2) is 65.4 Å². The topological polar surface area (TPSA) is 60.5 Å². The number of carbonyl (C=O) groups excluding carboxylic acids is 1. The van der Waals surface area contributed by atoms with E-state index in [0.29, 0.717) is 35.8 Å². The molecular weight excluding hydrogens is 439 g/mol. The molecule has 1 N–H and O–H groups in total. The van der Waals surface area contributed by atoms with Gasteiger partial charge in [-0.1, -0.05) is 22.0 Å². The van der Waals surface area contributed by atoms with E-state index in [4.69, 9.17) is 9.47 Å². The lowest BCUT2D eigenvalue weighted by Gasteiger charge is -2.14. The third kappa shape index (κ3) is 5.77. The van der Waals surface area contributed by atoms with Gasteiger partial charge >= 0.3 is 0 Å². The lowest BCUT2D eigenvalue weighted by atomic mass is 10.1. The molecule has 7 heteroatoms. The van der Waals surface area contributed by atoms with Crippen LogP contribution in [-0.2, 0) is 13.2 Å². The summed E-state index contributed by atoms with van der Waals surface area (Å²) in [6, 6.07) is 13.1. The maximum atomic E-state index is 13.4. The van der Waals surface area contributed by atoms with Gasteiger partial charge in [0.2, 0.25) is 0 Å². The van der Waals surface area contributed by atoms with E-state index in [-0.39, 0.29) is 18.3 Å². The molecule has 0 saturated heterocycles. The number of carbonyl (C=O) groups is 1. The maximum absolute atomic E-state index is 13.4. The molecule has 0 atom stereocenters. The first-order chi connectivity index (χ1) is 14.1. The van der Waals surface area contributed by atoms with Crippen molar-refractivity contribution in [3.05, 3.63) is 87.9 Å². The standard InChI is InChI=1S/C22H20BrFN2O3/c1-2-28-21-11-16(5-8-20(21)29-14-15-4-3-9-25-12-15)22(27)26-13-17-10-18(24)6-7-19(17)23/h3-12H,2,13-14H2,1H3,(H,26,27). The van der Waals surface area contributed by atoms with Crippen molar-refractivity contribution in [3.8, 4) is 11.5 Å². The van der Waals surface area contributed by atoms with E-state index < -0.39 is 0 Å². The molecule has 0 aliphatic rings. The largest absolute Gasteiger partial charge is 0.490 e. The molecule has 29 heavy (non-hydrogen) atoms. The molecule has 0 aliphatic heterocycles. The number of nitrogens with zero attached hydrogens (tertiary/aromatic N) is 1. The number of hydrogen-bond donors (Lipinski definition) is 1. The summed E-state index contributed by atoms with van der Waals surface area (Å²) in [5, 5.41) is 2.79. The van der Waals surface area contributed by atoms with Crippen LogP contribution in [0.5, 0.6) is 11.5 Å². The van der Waals surface area contributed by atoms with E-state index in [1.165, 1.54) is 12.1 Å². The van der Waals surface area contributed by atoms with Crippen LogP contribution in [0, 0.1) is 5.82 Å². The van der Waals surface area contributed by atoms with Gasteiger partial charge in [-0.15, -0.1) is 0 Å². The predicted molar refractivity (Wildman–Crippen MR) is 111 cm³/mol. The van der Waals surface area contributed by atoms with Crippen LogP contribution in [0.25, 0.3) is 0 Å². The van der Waals surface area contributed by atoms with Crippen molar-refractivity contribution in [3.63, 3.8) is 0 Å². The van der Waals surface area contributed by atoms with Crippen LogP contribution < -0.4 is 14.8 Å². The maximum Gasteiger partial charge on any atom is 0.251 e. The number of halogens is 2. The molecular formula is C22H20BrFN2O3. The number of ether oxygens (including phenoxy) is 2. The summed E-state index contributed by atoms with van der Waals surface area (Å²) in [4.78, 5) is 16.6. The average molecular weight is 459 g/mol. The van der Waals surface area contributed by atoms with Crippen molar-refractivity contribution in [2.75, 3.05) is 6.61 Å². The van der Waals surface area contributed by atoms with Crippen molar-refractivity contribution in [2.24, 2.45) is 0 Å². The van der Waals surface area contributed by atoms with Crippen LogP contribution in [0.4, 0.5) is 4.39 Å². The Hall–Kier alpha value is -2.93. The Balaban J connectivity index is 1.69. The van der Waals surface area contributed by atoms with Crippen LogP contribution in [0.2, 0.25) is 0 Å². The molecule has 1 aromatic heterocycles. The highest BCUT2D eigenvalue weighted by molar-refractivity contribution is 9.10. The molecule has 2 aromatic carbocycles. The number of benzene rings is 2. The summed E-state index contributed by atoms with van der Waals surface area (Å²) in [5.41, 5.74) is 2.01. The van der Waals surface area contributed by atoms with Crippen LogP contribution in [0.3, 0.4) is 0 Å². The average Bonchev–Trinajstić information content (AvgIpc) is 2.74. The molecule has 0 radical (unpaired) electrons. The molecule has 0 bridgehead atoms. The van der Waals surface area contributed by atoms with Crippen molar-refractivity contribution in [2.45, 2.75) is 20.1 Å². The minimum absolute atomic E-state index is 0.195. The first-order valence-corrected chi connectivity index (χ1v) is 9.86. The Morgan fingerprint density at radius 2 is 2.00 bits per heavy atom.